The third-order valence-electron chi connectivity index (χ3n) is 2.55. The minimum atomic E-state index is -3.58. The number of hydrogen-bond donors (Lipinski definition) is 1. The summed E-state index contributed by atoms with van der Waals surface area (Å²) >= 11 is 3.45. The van der Waals surface area contributed by atoms with E-state index in [9.17, 15) is 13.2 Å². The first-order chi connectivity index (χ1) is 7.44. The number of hydrogen-bond acceptors (Lipinski definition) is 4. The van der Waals surface area contributed by atoms with E-state index in [2.05, 4.69) is 25.4 Å². The zero-order valence-electron chi connectivity index (χ0n) is 9.11. The molecule has 94 valence electrons. The molecule has 0 aromatic carbocycles. The van der Waals surface area contributed by atoms with Crippen LogP contribution in [0.4, 0.5) is 0 Å². The van der Waals surface area contributed by atoms with E-state index in [0.29, 0.717) is 0 Å². The van der Waals surface area contributed by atoms with Crippen LogP contribution in [0.1, 0.15) is 25.7 Å². The van der Waals surface area contributed by atoms with Crippen molar-refractivity contribution in [3.8, 4) is 0 Å². The number of carbonyl (C=O) groups excluding carboxylic acids is 1. The minimum Gasteiger partial charge on any atom is -0.468 e. The number of halogens is 1. The van der Waals surface area contributed by atoms with Gasteiger partial charge >= 0.3 is 5.97 Å². The van der Waals surface area contributed by atoms with E-state index in [1.54, 1.807) is 0 Å². The van der Waals surface area contributed by atoms with Crippen LogP contribution in [0.2, 0.25) is 0 Å². The molecule has 0 aromatic heterocycles. The van der Waals surface area contributed by atoms with E-state index >= 15 is 0 Å². The van der Waals surface area contributed by atoms with Gasteiger partial charge in [-0.05, 0) is 12.8 Å². The first kappa shape index (κ1) is 13.9. The van der Waals surface area contributed by atoms with Crippen molar-refractivity contribution in [2.45, 2.75) is 36.6 Å². The molecule has 5 nitrogen and oxygen atoms in total. The van der Waals surface area contributed by atoms with E-state index in [4.69, 9.17) is 0 Å². The Morgan fingerprint density at radius 1 is 1.44 bits per heavy atom. The van der Waals surface area contributed by atoms with E-state index < -0.39 is 21.7 Å². The number of carbonyl (C=O) groups is 1. The quantitative estimate of drug-likeness (QED) is 0.615. The molecule has 0 radical (unpaired) electrons. The topological polar surface area (TPSA) is 72.5 Å². The number of nitrogens with one attached hydrogen (secondary N) is 1. The van der Waals surface area contributed by atoms with Crippen molar-refractivity contribution in [2.24, 2.45) is 0 Å². The maximum atomic E-state index is 11.6. The zero-order valence-corrected chi connectivity index (χ0v) is 11.5. The van der Waals surface area contributed by atoms with Crippen LogP contribution in [-0.2, 0) is 19.6 Å². The molecule has 0 spiro atoms. The van der Waals surface area contributed by atoms with Crippen molar-refractivity contribution in [3.63, 3.8) is 0 Å². The van der Waals surface area contributed by atoms with Crippen LogP contribution in [-0.4, -0.2) is 38.1 Å². The summed E-state index contributed by atoms with van der Waals surface area (Å²) in [5.41, 5.74) is 0. The van der Waals surface area contributed by atoms with Crippen molar-refractivity contribution in [3.05, 3.63) is 0 Å². The molecule has 1 N–H and O–H groups in total. The molecule has 0 bridgehead atoms. The van der Waals surface area contributed by atoms with Gasteiger partial charge in [-0.3, -0.25) is 4.79 Å². The minimum absolute atomic E-state index is 0.122. The fourth-order valence-corrected chi connectivity index (χ4v) is 3.85. The maximum Gasteiger partial charge on any atom is 0.322 e. The van der Waals surface area contributed by atoms with E-state index in [1.807, 2.05) is 0 Å². The van der Waals surface area contributed by atoms with Crippen molar-refractivity contribution in [1.29, 1.82) is 0 Å². The predicted octanol–water partition coefficient (Wildman–Crippen LogP) is 0.785. The van der Waals surface area contributed by atoms with Crippen molar-refractivity contribution in [1.82, 2.24) is 4.72 Å². The Balaban J connectivity index is 2.54. The fourth-order valence-electron chi connectivity index (χ4n) is 1.70. The van der Waals surface area contributed by atoms with Gasteiger partial charge < -0.3 is 4.74 Å². The number of ether oxygens (including phenoxy) is 1. The van der Waals surface area contributed by atoms with Gasteiger partial charge in [-0.2, -0.15) is 0 Å². The third kappa shape index (κ3) is 4.39. The Morgan fingerprint density at radius 3 is 2.62 bits per heavy atom. The number of rotatable bonds is 4. The maximum absolute atomic E-state index is 11.6. The van der Waals surface area contributed by atoms with Gasteiger partial charge in [0.15, 0.2) is 5.75 Å². The average molecular weight is 314 g/mol. The van der Waals surface area contributed by atoms with Gasteiger partial charge in [-0.15, -0.1) is 0 Å². The smallest absolute Gasteiger partial charge is 0.322 e. The molecule has 16 heavy (non-hydrogen) atoms. The lowest BCUT2D eigenvalue weighted by Crippen LogP contribution is -2.44. The molecule has 1 rings (SSSR count). The highest BCUT2D eigenvalue weighted by Crippen LogP contribution is 2.24. The summed E-state index contributed by atoms with van der Waals surface area (Å²) in [5, 5.41) is 0. The van der Waals surface area contributed by atoms with E-state index in [-0.39, 0.29) is 10.9 Å². The van der Waals surface area contributed by atoms with Crippen molar-refractivity contribution >= 4 is 31.9 Å². The number of sulfonamides is 1. The predicted molar refractivity (Wildman–Crippen MR) is 63.9 cm³/mol. The van der Waals surface area contributed by atoms with Gasteiger partial charge in [0.25, 0.3) is 0 Å². The molecule has 0 saturated heterocycles. The summed E-state index contributed by atoms with van der Waals surface area (Å²) in [6.07, 6.45) is 3.86. The second-order valence-corrected chi connectivity index (χ2v) is 6.79. The van der Waals surface area contributed by atoms with Crippen LogP contribution in [0.5, 0.6) is 0 Å². The number of esters is 1. The van der Waals surface area contributed by atoms with Gasteiger partial charge in [-0.25, -0.2) is 13.1 Å². The highest BCUT2D eigenvalue weighted by molar-refractivity contribution is 9.09. The zero-order chi connectivity index (χ0) is 12.2. The molecule has 0 heterocycles. The lowest BCUT2D eigenvalue weighted by molar-refractivity contribution is -0.137. The van der Waals surface area contributed by atoms with Crippen LogP contribution in [0, 0.1) is 0 Å². The lowest BCUT2D eigenvalue weighted by Gasteiger charge is -2.27. The summed E-state index contributed by atoms with van der Waals surface area (Å²) in [6, 6.07) is -0.122. The molecule has 1 saturated carbocycles. The molecular formula is C9H16BrNO4S. The SMILES string of the molecule is COC(=O)CS(=O)(=O)NC1CCCCC1Br. The monoisotopic (exact) mass is 313 g/mol. The summed E-state index contributed by atoms with van der Waals surface area (Å²) < 4.78 is 30.0. The highest BCUT2D eigenvalue weighted by Gasteiger charge is 2.28. The van der Waals surface area contributed by atoms with Crippen LogP contribution >= 0.6 is 15.9 Å². The standard InChI is InChI=1S/C9H16BrNO4S/c1-15-9(12)6-16(13,14)11-8-5-3-2-4-7(8)10/h7-8,11H,2-6H2,1H3. The Bertz CT molecular complexity index is 343. The fraction of sp³-hybridized carbons (Fsp3) is 0.889. The lowest BCUT2D eigenvalue weighted by atomic mass is 9.96. The molecule has 1 fully saturated rings. The third-order valence-corrected chi connectivity index (χ3v) is 4.92. The molecule has 2 atom stereocenters. The largest absolute Gasteiger partial charge is 0.468 e. The molecule has 0 aliphatic heterocycles. The molecule has 0 aromatic rings. The summed E-state index contributed by atoms with van der Waals surface area (Å²) in [7, 11) is -2.41. The highest BCUT2D eigenvalue weighted by atomic mass is 79.9. The second-order valence-electron chi connectivity index (χ2n) is 3.86. The Labute approximate surface area is 104 Å². The summed E-state index contributed by atoms with van der Waals surface area (Å²) in [5.74, 6) is -1.35. The first-order valence-corrected chi connectivity index (χ1v) is 7.72. The molecule has 7 heteroatoms. The van der Waals surface area contributed by atoms with Gasteiger partial charge in [0.05, 0.1) is 7.11 Å². The van der Waals surface area contributed by atoms with Gasteiger partial charge in [0, 0.05) is 10.9 Å². The van der Waals surface area contributed by atoms with Crippen LogP contribution in [0.25, 0.3) is 0 Å². The normalized spacial score (nSPS) is 26.4. The first-order valence-electron chi connectivity index (χ1n) is 5.15. The Morgan fingerprint density at radius 2 is 2.06 bits per heavy atom. The van der Waals surface area contributed by atoms with Crippen molar-refractivity contribution < 1.29 is 17.9 Å². The van der Waals surface area contributed by atoms with E-state index in [1.165, 1.54) is 7.11 Å². The number of methoxy groups -OCH3 is 1. The molecule has 0 amide bonds. The van der Waals surface area contributed by atoms with Gasteiger partial charge in [0.1, 0.15) is 0 Å². The molecule has 2 unspecified atom stereocenters. The second kappa shape index (κ2) is 5.97. The van der Waals surface area contributed by atoms with Crippen LogP contribution < -0.4 is 4.72 Å². The number of alkyl halides is 1. The summed E-state index contributed by atoms with van der Waals surface area (Å²) in [4.78, 5) is 11.0. The van der Waals surface area contributed by atoms with Gasteiger partial charge in [-0.1, -0.05) is 28.8 Å². The molecule has 1 aliphatic carbocycles. The molecular weight excluding hydrogens is 298 g/mol. The van der Waals surface area contributed by atoms with E-state index in [0.717, 1.165) is 25.7 Å². The van der Waals surface area contributed by atoms with Crippen molar-refractivity contribution in [2.75, 3.05) is 12.9 Å². The van der Waals surface area contributed by atoms with Crippen LogP contribution in [0.15, 0.2) is 0 Å². The Hall–Kier alpha value is -0.140. The Kier molecular flexibility index (Phi) is 5.20. The van der Waals surface area contributed by atoms with Gasteiger partial charge in [0.2, 0.25) is 10.0 Å². The average Bonchev–Trinajstić information content (AvgIpc) is 2.20. The molecule has 1 aliphatic rings. The summed E-state index contributed by atoms with van der Waals surface area (Å²) in [6.45, 7) is 0. The van der Waals surface area contributed by atoms with Crippen LogP contribution in [0.3, 0.4) is 0 Å².